The van der Waals surface area contributed by atoms with Gasteiger partial charge in [0, 0.05) is 39.4 Å². The van der Waals surface area contributed by atoms with Crippen molar-refractivity contribution in [3.63, 3.8) is 0 Å². The minimum Gasteiger partial charge on any atom is -0.454 e. The summed E-state index contributed by atoms with van der Waals surface area (Å²) in [5, 5.41) is 0. The molecular weight excluding hydrogens is 230 g/mol. The first-order chi connectivity index (χ1) is 8.85. The second-order valence-corrected chi connectivity index (χ2v) is 4.76. The number of nitrogens with two attached hydrogens (primary N) is 1. The number of piperazine rings is 1. The van der Waals surface area contributed by atoms with Crippen molar-refractivity contribution in [2.75, 3.05) is 39.6 Å². The lowest BCUT2D eigenvalue weighted by Crippen LogP contribution is -2.47. The Morgan fingerprint density at radius 1 is 1.00 bits per heavy atom. The van der Waals surface area contributed by atoms with Crippen molar-refractivity contribution in [3.05, 3.63) is 23.8 Å². The fourth-order valence-corrected chi connectivity index (χ4v) is 2.43. The molecule has 1 saturated heterocycles. The van der Waals surface area contributed by atoms with Crippen LogP contribution in [0.1, 0.15) is 5.56 Å². The minimum atomic E-state index is 0.341. The molecule has 98 valence electrons. The van der Waals surface area contributed by atoms with Gasteiger partial charge in [0.15, 0.2) is 11.5 Å². The van der Waals surface area contributed by atoms with Crippen LogP contribution in [0.2, 0.25) is 0 Å². The van der Waals surface area contributed by atoms with Crippen molar-refractivity contribution in [1.29, 1.82) is 0 Å². The third-order valence-corrected chi connectivity index (χ3v) is 3.57. The van der Waals surface area contributed by atoms with Crippen LogP contribution in [0.5, 0.6) is 11.5 Å². The average molecular weight is 249 g/mol. The lowest BCUT2D eigenvalue weighted by Gasteiger charge is -2.33. The normalized spacial score (nSPS) is 20.3. The Kier molecular flexibility index (Phi) is 3.36. The number of rotatable bonds is 3. The monoisotopic (exact) mass is 249 g/mol. The molecule has 2 aliphatic heterocycles. The van der Waals surface area contributed by atoms with E-state index in [1.807, 2.05) is 6.07 Å². The molecule has 0 bridgehead atoms. The summed E-state index contributed by atoms with van der Waals surface area (Å²) in [7, 11) is 0. The standard InChI is InChI=1S/C13H19N3O2/c14-9-16-5-3-15(4-6-16)8-11-1-2-12-13(7-11)18-10-17-12/h1-2,7H,3-6,8-10,14H2. The lowest BCUT2D eigenvalue weighted by atomic mass is 10.1. The zero-order valence-electron chi connectivity index (χ0n) is 10.5. The molecule has 1 aromatic rings. The molecule has 18 heavy (non-hydrogen) atoms. The van der Waals surface area contributed by atoms with Gasteiger partial charge >= 0.3 is 0 Å². The predicted molar refractivity (Wildman–Crippen MR) is 68.5 cm³/mol. The van der Waals surface area contributed by atoms with Crippen LogP contribution in [0.3, 0.4) is 0 Å². The Balaban J connectivity index is 1.60. The molecule has 2 aliphatic rings. The number of nitrogens with zero attached hydrogens (tertiary/aromatic N) is 2. The molecule has 3 rings (SSSR count). The zero-order valence-corrected chi connectivity index (χ0v) is 10.5. The number of ether oxygens (including phenoxy) is 2. The van der Waals surface area contributed by atoms with E-state index in [0.717, 1.165) is 44.2 Å². The maximum absolute atomic E-state index is 5.64. The van der Waals surface area contributed by atoms with Crippen LogP contribution in [0.4, 0.5) is 0 Å². The molecule has 5 nitrogen and oxygen atoms in total. The van der Waals surface area contributed by atoms with Crippen LogP contribution >= 0.6 is 0 Å². The summed E-state index contributed by atoms with van der Waals surface area (Å²) in [5.41, 5.74) is 6.92. The molecule has 0 aliphatic carbocycles. The largest absolute Gasteiger partial charge is 0.454 e. The van der Waals surface area contributed by atoms with Gasteiger partial charge in [0.05, 0.1) is 0 Å². The number of hydrogen-bond acceptors (Lipinski definition) is 5. The Morgan fingerprint density at radius 3 is 2.50 bits per heavy atom. The van der Waals surface area contributed by atoms with Gasteiger partial charge in [-0.2, -0.15) is 0 Å². The van der Waals surface area contributed by atoms with Crippen LogP contribution in [-0.2, 0) is 6.54 Å². The van der Waals surface area contributed by atoms with E-state index in [9.17, 15) is 0 Å². The Bertz CT molecular complexity index is 417. The fourth-order valence-electron chi connectivity index (χ4n) is 2.43. The summed E-state index contributed by atoms with van der Waals surface area (Å²) in [6.45, 7) is 6.24. The van der Waals surface area contributed by atoms with Crippen LogP contribution in [-0.4, -0.2) is 49.4 Å². The molecule has 0 amide bonds. The summed E-state index contributed by atoms with van der Waals surface area (Å²) in [6.07, 6.45) is 0. The topological polar surface area (TPSA) is 51.0 Å². The van der Waals surface area contributed by atoms with Gasteiger partial charge in [-0.25, -0.2) is 0 Å². The van der Waals surface area contributed by atoms with E-state index >= 15 is 0 Å². The highest BCUT2D eigenvalue weighted by Crippen LogP contribution is 2.32. The van der Waals surface area contributed by atoms with Gasteiger partial charge in [0.1, 0.15) is 0 Å². The third-order valence-electron chi connectivity index (χ3n) is 3.57. The molecule has 2 heterocycles. The van der Waals surface area contributed by atoms with Crippen LogP contribution in [0, 0.1) is 0 Å². The molecule has 0 saturated carbocycles. The lowest BCUT2D eigenvalue weighted by molar-refractivity contribution is 0.129. The quantitative estimate of drug-likeness (QED) is 0.843. The first-order valence-corrected chi connectivity index (χ1v) is 6.38. The molecule has 2 N–H and O–H groups in total. The third kappa shape index (κ3) is 2.43. The second kappa shape index (κ2) is 5.14. The predicted octanol–water partition coefficient (Wildman–Crippen LogP) is 0.449. The van der Waals surface area contributed by atoms with E-state index in [1.165, 1.54) is 5.56 Å². The van der Waals surface area contributed by atoms with Crippen molar-refractivity contribution in [1.82, 2.24) is 9.80 Å². The Labute approximate surface area is 107 Å². The molecule has 0 aromatic heterocycles. The Morgan fingerprint density at radius 2 is 1.72 bits per heavy atom. The van der Waals surface area contributed by atoms with E-state index in [-0.39, 0.29) is 0 Å². The van der Waals surface area contributed by atoms with E-state index in [4.69, 9.17) is 15.2 Å². The minimum absolute atomic E-state index is 0.341. The molecule has 0 radical (unpaired) electrons. The molecule has 1 fully saturated rings. The zero-order chi connectivity index (χ0) is 12.4. The van der Waals surface area contributed by atoms with Crippen molar-refractivity contribution in [3.8, 4) is 11.5 Å². The SMILES string of the molecule is NCN1CCN(Cc2ccc3c(c2)OCO3)CC1. The second-order valence-electron chi connectivity index (χ2n) is 4.76. The first-order valence-electron chi connectivity index (χ1n) is 6.38. The van der Waals surface area contributed by atoms with E-state index < -0.39 is 0 Å². The van der Waals surface area contributed by atoms with E-state index in [2.05, 4.69) is 21.9 Å². The maximum Gasteiger partial charge on any atom is 0.231 e. The average Bonchev–Trinajstić information content (AvgIpc) is 2.87. The van der Waals surface area contributed by atoms with Gasteiger partial charge in [-0.05, 0) is 17.7 Å². The van der Waals surface area contributed by atoms with Crippen LogP contribution in [0.25, 0.3) is 0 Å². The van der Waals surface area contributed by atoms with Crippen molar-refractivity contribution < 1.29 is 9.47 Å². The summed E-state index contributed by atoms with van der Waals surface area (Å²) in [4.78, 5) is 4.72. The van der Waals surface area contributed by atoms with Crippen molar-refractivity contribution in [2.45, 2.75) is 6.54 Å². The molecule has 0 unspecified atom stereocenters. The number of benzene rings is 1. The summed E-state index contributed by atoms with van der Waals surface area (Å²) in [6, 6.07) is 6.19. The van der Waals surface area contributed by atoms with Gasteiger partial charge in [0.25, 0.3) is 0 Å². The maximum atomic E-state index is 5.64. The highest BCUT2D eigenvalue weighted by molar-refractivity contribution is 5.44. The molecule has 5 heteroatoms. The smallest absolute Gasteiger partial charge is 0.231 e. The van der Waals surface area contributed by atoms with E-state index in [0.29, 0.717) is 13.5 Å². The van der Waals surface area contributed by atoms with Crippen LogP contribution in [0.15, 0.2) is 18.2 Å². The number of fused-ring (bicyclic) bond motifs is 1. The fraction of sp³-hybridized carbons (Fsp3) is 0.538. The summed E-state index contributed by atoms with van der Waals surface area (Å²) in [5.74, 6) is 1.72. The summed E-state index contributed by atoms with van der Waals surface area (Å²) >= 11 is 0. The van der Waals surface area contributed by atoms with Gasteiger partial charge in [0.2, 0.25) is 6.79 Å². The molecule has 0 spiro atoms. The highest BCUT2D eigenvalue weighted by Gasteiger charge is 2.17. The van der Waals surface area contributed by atoms with Gasteiger partial charge in [-0.3, -0.25) is 9.80 Å². The first kappa shape index (κ1) is 11.8. The van der Waals surface area contributed by atoms with Crippen LogP contribution < -0.4 is 15.2 Å². The van der Waals surface area contributed by atoms with Gasteiger partial charge in [-0.15, -0.1) is 0 Å². The van der Waals surface area contributed by atoms with Crippen molar-refractivity contribution in [2.24, 2.45) is 5.73 Å². The molecule has 1 aromatic carbocycles. The van der Waals surface area contributed by atoms with E-state index in [1.54, 1.807) is 0 Å². The van der Waals surface area contributed by atoms with Gasteiger partial charge in [-0.1, -0.05) is 6.07 Å². The van der Waals surface area contributed by atoms with Crippen molar-refractivity contribution >= 4 is 0 Å². The Hall–Kier alpha value is -1.30. The van der Waals surface area contributed by atoms with Gasteiger partial charge < -0.3 is 15.2 Å². The molecular formula is C13H19N3O2. The highest BCUT2D eigenvalue weighted by atomic mass is 16.7. The number of hydrogen-bond donors (Lipinski definition) is 1. The summed E-state index contributed by atoms with van der Waals surface area (Å²) < 4.78 is 10.7. The molecule has 0 atom stereocenters.